The van der Waals surface area contributed by atoms with Gasteiger partial charge in [-0.05, 0) is 62.9 Å². The number of benzene rings is 1. The van der Waals surface area contributed by atoms with Gasteiger partial charge in [0.25, 0.3) is 0 Å². The van der Waals surface area contributed by atoms with Gasteiger partial charge in [0, 0.05) is 6.04 Å². The van der Waals surface area contributed by atoms with Crippen LogP contribution in [0.5, 0.6) is 11.5 Å². The predicted molar refractivity (Wildman–Crippen MR) is 82.0 cm³/mol. The molecule has 0 radical (unpaired) electrons. The van der Waals surface area contributed by atoms with Crippen molar-refractivity contribution in [3.05, 3.63) is 23.8 Å². The molecule has 2 bridgehead atoms. The lowest BCUT2D eigenvalue weighted by atomic mass is 9.78. The van der Waals surface area contributed by atoms with E-state index in [1.54, 1.807) is 7.11 Å². The monoisotopic (exact) mass is 291 g/mol. The zero-order valence-electron chi connectivity index (χ0n) is 12.9. The van der Waals surface area contributed by atoms with Crippen molar-refractivity contribution in [1.29, 1.82) is 0 Å². The maximum Gasteiger partial charge on any atom is 0.161 e. The first-order valence-corrected chi connectivity index (χ1v) is 7.94. The SMILES string of the molecule is CCOc1cc(CC2C(O)C3CCN2CC3)ccc1OC. The van der Waals surface area contributed by atoms with E-state index in [1.807, 2.05) is 13.0 Å². The smallest absolute Gasteiger partial charge is 0.161 e. The van der Waals surface area contributed by atoms with Gasteiger partial charge >= 0.3 is 0 Å². The number of methoxy groups -OCH3 is 1. The molecule has 0 aromatic heterocycles. The lowest BCUT2D eigenvalue weighted by Crippen LogP contribution is -2.58. The zero-order valence-corrected chi connectivity index (χ0v) is 12.9. The Hall–Kier alpha value is -1.26. The van der Waals surface area contributed by atoms with Crippen molar-refractivity contribution in [2.45, 2.75) is 38.3 Å². The number of piperidine rings is 3. The minimum atomic E-state index is -0.190. The van der Waals surface area contributed by atoms with Crippen molar-refractivity contribution in [3.63, 3.8) is 0 Å². The summed E-state index contributed by atoms with van der Waals surface area (Å²) in [4.78, 5) is 2.44. The third-order valence-electron chi connectivity index (χ3n) is 4.89. The molecule has 0 amide bonds. The number of fused-ring (bicyclic) bond motifs is 3. The fraction of sp³-hybridized carbons (Fsp3) is 0.647. The highest BCUT2D eigenvalue weighted by Gasteiger charge is 2.40. The van der Waals surface area contributed by atoms with Gasteiger partial charge < -0.3 is 14.6 Å². The molecular weight excluding hydrogens is 266 g/mol. The Labute approximate surface area is 126 Å². The van der Waals surface area contributed by atoms with Crippen molar-refractivity contribution in [2.75, 3.05) is 26.8 Å². The molecule has 1 aromatic rings. The van der Waals surface area contributed by atoms with Crippen molar-refractivity contribution < 1.29 is 14.6 Å². The van der Waals surface area contributed by atoms with Crippen LogP contribution in [-0.4, -0.2) is 49.0 Å². The van der Waals surface area contributed by atoms with Crippen LogP contribution in [0.3, 0.4) is 0 Å². The summed E-state index contributed by atoms with van der Waals surface area (Å²) in [5, 5.41) is 10.5. The molecule has 1 aromatic carbocycles. The largest absolute Gasteiger partial charge is 0.493 e. The summed E-state index contributed by atoms with van der Waals surface area (Å²) in [7, 11) is 1.66. The maximum absolute atomic E-state index is 10.5. The molecule has 21 heavy (non-hydrogen) atoms. The fourth-order valence-electron chi connectivity index (χ4n) is 3.73. The topological polar surface area (TPSA) is 41.9 Å². The van der Waals surface area contributed by atoms with Crippen LogP contribution in [0.4, 0.5) is 0 Å². The molecule has 3 saturated heterocycles. The van der Waals surface area contributed by atoms with Crippen LogP contribution in [0.2, 0.25) is 0 Å². The van der Waals surface area contributed by atoms with Gasteiger partial charge in [0.15, 0.2) is 11.5 Å². The number of hydrogen-bond acceptors (Lipinski definition) is 4. The Morgan fingerprint density at radius 3 is 2.62 bits per heavy atom. The van der Waals surface area contributed by atoms with E-state index in [-0.39, 0.29) is 12.1 Å². The van der Waals surface area contributed by atoms with E-state index < -0.39 is 0 Å². The van der Waals surface area contributed by atoms with Crippen molar-refractivity contribution >= 4 is 0 Å². The zero-order chi connectivity index (χ0) is 14.8. The molecule has 0 saturated carbocycles. The summed E-state index contributed by atoms with van der Waals surface area (Å²) in [6.45, 7) is 4.85. The molecule has 3 fully saturated rings. The molecule has 2 unspecified atom stereocenters. The van der Waals surface area contributed by atoms with Gasteiger partial charge in [-0.25, -0.2) is 0 Å². The lowest BCUT2D eigenvalue weighted by molar-refractivity contribution is -0.0715. The van der Waals surface area contributed by atoms with Gasteiger partial charge in [-0.3, -0.25) is 4.90 Å². The van der Waals surface area contributed by atoms with Crippen LogP contribution in [0.1, 0.15) is 25.3 Å². The predicted octanol–water partition coefficient (Wildman–Crippen LogP) is 2.09. The molecule has 4 rings (SSSR count). The van der Waals surface area contributed by atoms with Crippen molar-refractivity contribution in [1.82, 2.24) is 4.90 Å². The Kier molecular flexibility index (Phi) is 4.36. The minimum Gasteiger partial charge on any atom is -0.493 e. The second-order valence-electron chi connectivity index (χ2n) is 6.05. The summed E-state index contributed by atoms with van der Waals surface area (Å²) >= 11 is 0. The van der Waals surface area contributed by atoms with E-state index >= 15 is 0 Å². The van der Waals surface area contributed by atoms with Gasteiger partial charge in [-0.15, -0.1) is 0 Å². The van der Waals surface area contributed by atoms with Gasteiger partial charge in [0.05, 0.1) is 19.8 Å². The molecule has 0 aliphatic carbocycles. The number of nitrogens with zero attached hydrogens (tertiary/aromatic N) is 1. The van der Waals surface area contributed by atoms with Crippen LogP contribution < -0.4 is 9.47 Å². The molecule has 3 aliphatic rings. The fourth-order valence-corrected chi connectivity index (χ4v) is 3.73. The molecule has 116 valence electrons. The van der Waals surface area contributed by atoms with Crippen LogP contribution in [0.25, 0.3) is 0 Å². The Morgan fingerprint density at radius 2 is 2.00 bits per heavy atom. The molecule has 3 aliphatic heterocycles. The number of aliphatic hydroxyl groups excluding tert-OH is 1. The van der Waals surface area contributed by atoms with Gasteiger partial charge in [-0.1, -0.05) is 6.07 Å². The van der Waals surface area contributed by atoms with Crippen molar-refractivity contribution in [2.24, 2.45) is 5.92 Å². The number of rotatable bonds is 5. The summed E-state index contributed by atoms with van der Waals surface area (Å²) < 4.78 is 11.0. The summed E-state index contributed by atoms with van der Waals surface area (Å²) in [6, 6.07) is 6.35. The second-order valence-corrected chi connectivity index (χ2v) is 6.05. The first-order chi connectivity index (χ1) is 10.2. The van der Waals surface area contributed by atoms with E-state index in [0.29, 0.717) is 12.5 Å². The van der Waals surface area contributed by atoms with E-state index in [2.05, 4.69) is 17.0 Å². The van der Waals surface area contributed by atoms with E-state index in [1.165, 1.54) is 5.56 Å². The van der Waals surface area contributed by atoms with Gasteiger partial charge in [-0.2, -0.15) is 0 Å². The van der Waals surface area contributed by atoms with Crippen LogP contribution >= 0.6 is 0 Å². The highest BCUT2D eigenvalue weighted by Crippen LogP contribution is 2.35. The molecule has 4 heteroatoms. The summed E-state index contributed by atoms with van der Waals surface area (Å²) in [5.74, 6) is 2.05. The molecule has 4 nitrogen and oxygen atoms in total. The first-order valence-electron chi connectivity index (χ1n) is 7.94. The Bertz CT molecular complexity index is 481. The van der Waals surface area contributed by atoms with Gasteiger partial charge in [0.1, 0.15) is 0 Å². The average molecular weight is 291 g/mol. The van der Waals surface area contributed by atoms with Crippen molar-refractivity contribution in [3.8, 4) is 11.5 Å². The van der Waals surface area contributed by atoms with E-state index in [4.69, 9.17) is 9.47 Å². The van der Waals surface area contributed by atoms with Crippen LogP contribution in [0.15, 0.2) is 18.2 Å². The molecule has 3 heterocycles. The van der Waals surface area contributed by atoms with Crippen LogP contribution in [-0.2, 0) is 6.42 Å². The molecule has 1 N–H and O–H groups in total. The molecular formula is C17H25NO3. The minimum absolute atomic E-state index is 0.190. The Morgan fingerprint density at radius 1 is 1.24 bits per heavy atom. The molecule has 2 atom stereocenters. The quantitative estimate of drug-likeness (QED) is 0.902. The van der Waals surface area contributed by atoms with Crippen LogP contribution in [0, 0.1) is 5.92 Å². The Balaban J connectivity index is 1.76. The number of hydrogen-bond donors (Lipinski definition) is 1. The van der Waals surface area contributed by atoms with Gasteiger partial charge in [0.2, 0.25) is 0 Å². The highest BCUT2D eigenvalue weighted by atomic mass is 16.5. The molecule has 0 spiro atoms. The average Bonchev–Trinajstić information content (AvgIpc) is 2.52. The lowest BCUT2D eigenvalue weighted by Gasteiger charge is -2.49. The summed E-state index contributed by atoms with van der Waals surface area (Å²) in [6.07, 6.45) is 2.97. The van der Waals surface area contributed by atoms with E-state index in [0.717, 1.165) is 43.9 Å². The summed E-state index contributed by atoms with van der Waals surface area (Å²) in [5.41, 5.74) is 1.20. The second kappa shape index (κ2) is 6.24. The number of aliphatic hydroxyl groups is 1. The third-order valence-corrected chi connectivity index (χ3v) is 4.89. The standard InChI is InChI=1S/C17H25NO3/c1-3-21-16-11-12(4-5-15(16)20-2)10-14-17(19)13-6-8-18(14)9-7-13/h4-5,11,13-14,17,19H,3,6-10H2,1-2H3. The normalized spacial score (nSPS) is 31.2. The maximum atomic E-state index is 10.5. The van der Waals surface area contributed by atoms with E-state index in [9.17, 15) is 5.11 Å². The number of ether oxygens (including phenoxy) is 2. The highest BCUT2D eigenvalue weighted by molar-refractivity contribution is 5.43. The first kappa shape index (κ1) is 14.7. The third kappa shape index (κ3) is 2.87.